The zero-order valence-electron chi connectivity index (χ0n) is 14.1. The minimum absolute atomic E-state index is 0.0236. The molecule has 0 atom stereocenters. The van der Waals surface area contributed by atoms with E-state index in [9.17, 15) is 13.2 Å². The molecule has 1 heterocycles. The second-order valence-electron chi connectivity index (χ2n) is 5.60. The molecule has 0 radical (unpaired) electrons. The van der Waals surface area contributed by atoms with Gasteiger partial charge in [0.15, 0.2) is 0 Å². The summed E-state index contributed by atoms with van der Waals surface area (Å²) in [6.45, 7) is 0. The highest BCUT2D eigenvalue weighted by molar-refractivity contribution is 7.92. The number of ether oxygens (including phenoxy) is 2. The molecule has 0 spiro atoms. The van der Waals surface area contributed by atoms with Crippen molar-refractivity contribution in [3.8, 4) is 11.5 Å². The molecule has 0 aliphatic carbocycles. The van der Waals surface area contributed by atoms with Crippen LogP contribution in [0.15, 0.2) is 41.3 Å². The SMILES string of the molecule is COc1ccc(OC)c(S(=O)(=O)Nc2ccc3c(c2)CC(=O)N3C)c1. The van der Waals surface area contributed by atoms with Crippen LogP contribution >= 0.6 is 0 Å². The minimum atomic E-state index is -3.89. The Kier molecular flexibility index (Phi) is 4.30. The second kappa shape index (κ2) is 6.29. The predicted molar refractivity (Wildman–Crippen MR) is 93.9 cm³/mol. The van der Waals surface area contributed by atoms with Crippen molar-refractivity contribution in [3.63, 3.8) is 0 Å². The van der Waals surface area contributed by atoms with E-state index in [-0.39, 0.29) is 23.0 Å². The number of hydrogen-bond donors (Lipinski definition) is 1. The third-order valence-corrected chi connectivity index (χ3v) is 5.47. The molecule has 0 saturated heterocycles. The fraction of sp³-hybridized carbons (Fsp3) is 0.235. The number of carbonyl (C=O) groups is 1. The highest BCUT2D eigenvalue weighted by Crippen LogP contribution is 2.33. The maximum atomic E-state index is 12.8. The van der Waals surface area contributed by atoms with Crippen LogP contribution in [0, 0.1) is 0 Å². The van der Waals surface area contributed by atoms with Crippen molar-refractivity contribution in [2.45, 2.75) is 11.3 Å². The molecular weight excluding hydrogens is 344 g/mol. The Morgan fingerprint density at radius 3 is 2.52 bits per heavy atom. The Hall–Kier alpha value is -2.74. The molecule has 8 heteroatoms. The summed E-state index contributed by atoms with van der Waals surface area (Å²) >= 11 is 0. The Morgan fingerprint density at radius 2 is 1.84 bits per heavy atom. The van der Waals surface area contributed by atoms with Gasteiger partial charge in [-0.05, 0) is 35.9 Å². The molecule has 0 aromatic heterocycles. The molecule has 1 aliphatic rings. The summed E-state index contributed by atoms with van der Waals surface area (Å²) in [4.78, 5) is 13.3. The molecule has 3 rings (SSSR count). The second-order valence-corrected chi connectivity index (χ2v) is 7.25. The van der Waals surface area contributed by atoms with Gasteiger partial charge in [0.2, 0.25) is 5.91 Å². The molecule has 7 nitrogen and oxygen atoms in total. The number of likely N-dealkylation sites (N-methyl/N-ethyl adjacent to an activating group) is 1. The lowest BCUT2D eigenvalue weighted by Crippen LogP contribution is -2.20. The topological polar surface area (TPSA) is 84.9 Å². The van der Waals surface area contributed by atoms with Crippen LogP contribution in [0.1, 0.15) is 5.56 Å². The summed E-state index contributed by atoms with van der Waals surface area (Å²) in [5.74, 6) is 0.594. The third kappa shape index (κ3) is 3.12. The summed E-state index contributed by atoms with van der Waals surface area (Å²) in [5, 5.41) is 0. The van der Waals surface area contributed by atoms with Crippen LogP contribution in [-0.2, 0) is 21.2 Å². The third-order valence-electron chi connectivity index (χ3n) is 4.07. The van der Waals surface area contributed by atoms with E-state index in [1.54, 1.807) is 36.2 Å². The van der Waals surface area contributed by atoms with E-state index in [1.165, 1.54) is 26.4 Å². The molecule has 1 aliphatic heterocycles. The number of methoxy groups -OCH3 is 2. The van der Waals surface area contributed by atoms with Gasteiger partial charge >= 0.3 is 0 Å². The number of anilines is 2. The Balaban J connectivity index is 1.96. The van der Waals surface area contributed by atoms with E-state index < -0.39 is 10.0 Å². The van der Waals surface area contributed by atoms with Crippen molar-refractivity contribution in [2.75, 3.05) is 30.9 Å². The number of sulfonamides is 1. The van der Waals surface area contributed by atoms with E-state index in [1.807, 2.05) is 0 Å². The molecule has 25 heavy (non-hydrogen) atoms. The van der Waals surface area contributed by atoms with E-state index in [0.29, 0.717) is 11.4 Å². The Morgan fingerprint density at radius 1 is 1.08 bits per heavy atom. The fourth-order valence-corrected chi connectivity index (χ4v) is 3.97. The van der Waals surface area contributed by atoms with Gasteiger partial charge in [-0.25, -0.2) is 8.42 Å². The average molecular weight is 362 g/mol. The monoisotopic (exact) mass is 362 g/mol. The first kappa shape index (κ1) is 17.1. The van der Waals surface area contributed by atoms with Crippen LogP contribution in [-0.4, -0.2) is 35.6 Å². The highest BCUT2D eigenvalue weighted by atomic mass is 32.2. The number of amides is 1. The number of benzene rings is 2. The van der Waals surface area contributed by atoms with E-state index >= 15 is 0 Å². The largest absolute Gasteiger partial charge is 0.497 e. The number of hydrogen-bond acceptors (Lipinski definition) is 5. The van der Waals surface area contributed by atoms with Crippen molar-refractivity contribution in [1.29, 1.82) is 0 Å². The first-order valence-corrected chi connectivity index (χ1v) is 8.98. The first-order valence-electron chi connectivity index (χ1n) is 7.50. The summed E-state index contributed by atoms with van der Waals surface area (Å²) in [6.07, 6.45) is 0.254. The molecule has 2 aromatic carbocycles. The molecule has 0 bridgehead atoms. The van der Waals surface area contributed by atoms with Crippen molar-refractivity contribution in [3.05, 3.63) is 42.0 Å². The molecular formula is C17H18N2O5S. The molecule has 1 N–H and O–H groups in total. The molecule has 2 aromatic rings. The quantitative estimate of drug-likeness (QED) is 0.880. The first-order chi connectivity index (χ1) is 11.9. The van der Waals surface area contributed by atoms with Crippen LogP contribution in [0.25, 0.3) is 0 Å². The van der Waals surface area contributed by atoms with Gasteiger partial charge in [-0.15, -0.1) is 0 Å². The molecule has 1 amide bonds. The standard InChI is InChI=1S/C17H18N2O5S/c1-19-14-6-4-12(8-11(14)9-17(19)20)18-25(21,22)16-10-13(23-2)5-7-15(16)24-3/h4-8,10,18H,9H2,1-3H3. The molecule has 0 saturated carbocycles. The normalized spacial score (nSPS) is 13.6. The van der Waals surface area contributed by atoms with E-state index in [2.05, 4.69) is 4.72 Å². The zero-order chi connectivity index (χ0) is 18.2. The lowest BCUT2D eigenvalue weighted by Gasteiger charge is -2.14. The van der Waals surface area contributed by atoms with Crippen LogP contribution in [0.4, 0.5) is 11.4 Å². The van der Waals surface area contributed by atoms with Gasteiger partial charge in [0, 0.05) is 24.5 Å². The van der Waals surface area contributed by atoms with Gasteiger partial charge in [-0.3, -0.25) is 9.52 Å². The Labute approximate surface area is 146 Å². The van der Waals surface area contributed by atoms with Crippen LogP contribution in [0.3, 0.4) is 0 Å². The van der Waals surface area contributed by atoms with Gasteiger partial charge < -0.3 is 14.4 Å². The summed E-state index contributed by atoms with van der Waals surface area (Å²) in [5.41, 5.74) is 1.95. The van der Waals surface area contributed by atoms with Crippen molar-refractivity contribution in [2.24, 2.45) is 0 Å². The lowest BCUT2D eigenvalue weighted by atomic mass is 10.1. The van der Waals surface area contributed by atoms with Crippen molar-refractivity contribution < 1.29 is 22.7 Å². The fourth-order valence-electron chi connectivity index (χ4n) is 2.74. The molecule has 132 valence electrons. The predicted octanol–water partition coefficient (Wildman–Crippen LogP) is 2.02. The van der Waals surface area contributed by atoms with Gasteiger partial charge in [-0.2, -0.15) is 0 Å². The summed E-state index contributed by atoms with van der Waals surface area (Å²) < 4.78 is 38.3. The zero-order valence-corrected chi connectivity index (χ0v) is 14.9. The van der Waals surface area contributed by atoms with Crippen molar-refractivity contribution in [1.82, 2.24) is 0 Å². The smallest absolute Gasteiger partial charge is 0.265 e. The lowest BCUT2D eigenvalue weighted by molar-refractivity contribution is -0.117. The Bertz CT molecular complexity index is 940. The number of fused-ring (bicyclic) bond motifs is 1. The summed E-state index contributed by atoms with van der Waals surface area (Å²) in [6, 6.07) is 9.56. The highest BCUT2D eigenvalue weighted by Gasteiger charge is 2.25. The van der Waals surface area contributed by atoms with E-state index in [0.717, 1.165) is 11.3 Å². The molecule has 0 fully saturated rings. The van der Waals surface area contributed by atoms with Gasteiger partial charge in [0.25, 0.3) is 10.0 Å². The number of carbonyl (C=O) groups excluding carboxylic acids is 1. The molecule has 0 unspecified atom stereocenters. The number of nitrogens with one attached hydrogen (secondary N) is 1. The van der Waals surface area contributed by atoms with E-state index in [4.69, 9.17) is 9.47 Å². The van der Waals surface area contributed by atoms with Gasteiger partial charge in [0.1, 0.15) is 16.4 Å². The van der Waals surface area contributed by atoms with Crippen LogP contribution in [0.2, 0.25) is 0 Å². The number of rotatable bonds is 5. The van der Waals surface area contributed by atoms with Gasteiger partial charge in [0.05, 0.1) is 20.6 Å². The van der Waals surface area contributed by atoms with Crippen LogP contribution < -0.4 is 19.1 Å². The van der Waals surface area contributed by atoms with Crippen molar-refractivity contribution >= 4 is 27.3 Å². The minimum Gasteiger partial charge on any atom is -0.497 e. The maximum absolute atomic E-state index is 12.8. The number of nitrogens with zero attached hydrogens (tertiary/aromatic N) is 1. The maximum Gasteiger partial charge on any atom is 0.265 e. The summed E-state index contributed by atoms with van der Waals surface area (Å²) in [7, 11) is 0.665. The average Bonchev–Trinajstić information content (AvgIpc) is 2.87. The van der Waals surface area contributed by atoms with Gasteiger partial charge in [-0.1, -0.05) is 0 Å². The van der Waals surface area contributed by atoms with Crippen LogP contribution in [0.5, 0.6) is 11.5 Å².